The molecule has 2 aromatic rings. The van der Waals surface area contributed by atoms with E-state index in [1.54, 1.807) is 30.3 Å². The summed E-state index contributed by atoms with van der Waals surface area (Å²) in [6, 6.07) is 10.6. The number of sulfonamides is 1. The molecule has 0 unspecified atom stereocenters. The Morgan fingerprint density at radius 1 is 1.28 bits per heavy atom. The van der Waals surface area contributed by atoms with Crippen LogP contribution in [0.15, 0.2) is 36.4 Å². The normalized spacial score (nSPS) is 16.0. The number of hydrogen-bond donors (Lipinski definition) is 1. The molecular formula is C20H23ClN2O5S. The van der Waals surface area contributed by atoms with E-state index in [2.05, 4.69) is 5.32 Å². The van der Waals surface area contributed by atoms with Gasteiger partial charge in [0.2, 0.25) is 10.0 Å². The lowest BCUT2D eigenvalue weighted by Gasteiger charge is -2.34. The van der Waals surface area contributed by atoms with Gasteiger partial charge >= 0.3 is 0 Å². The fraction of sp³-hybridized carbons (Fsp3) is 0.350. The largest absolute Gasteiger partial charge is 0.492 e. The lowest BCUT2D eigenvalue weighted by atomic mass is 10.1. The highest BCUT2D eigenvalue weighted by atomic mass is 35.5. The van der Waals surface area contributed by atoms with E-state index in [-0.39, 0.29) is 19.7 Å². The summed E-state index contributed by atoms with van der Waals surface area (Å²) >= 11 is 6.06. The number of anilines is 1. The molecule has 0 radical (unpaired) electrons. The number of nitrogens with zero attached hydrogens (tertiary/aromatic N) is 1. The van der Waals surface area contributed by atoms with E-state index in [4.69, 9.17) is 21.1 Å². The number of halogens is 1. The number of fused-ring (bicyclic) bond motifs is 1. The zero-order valence-electron chi connectivity index (χ0n) is 16.4. The Morgan fingerprint density at radius 3 is 2.72 bits per heavy atom. The van der Waals surface area contributed by atoms with Crippen LogP contribution in [0.5, 0.6) is 11.5 Å². The number of amides is 1. The summed E-state index contributed by atoms with van der Waals surface area (Å²) in [5.74, 6) is 0.560. The first kappa shape index (κ1) is 21.3. The number of carbonyl (C=O) groups excluding carboxylic acids is 1. The van der Waals surface area contributed by atoms with Crippen molar-refractivity contribution in [3.8, 4) is 11.5 Å². The van der Waals surface area contributed by atoms with Crippen LogP contribution < -0.4 is 19.1 Å². The molecule has 1 aliphatic rings. The third kappa shape index (κ3) is 5.13. The van der Waals surface area contributed by atoms with E-state index in [1.165, 1.54) is 4.31 Å². The van der Waals surface area contributed by atoms with Crippen molar-refractivity contribution in [3.63, 3.8) is 0 Å². The minimum absolute atomic E-state index is 0.0878. The molecule has 0 spiro atoms. The molecule has 9 heteroatoms. The molecule has 1 amide bonds. The highest BCUT2D eigenvalue weighted by Crippen LogP contribution is 2.35. The topological polar surface area (TPSA) is 84.9 Å². The van der Waals surface area contributed by atoms with Gasteiger partial charge in [-0.05, 0) is 49.2 Å². The molecule has 2 aromatic carbocycles. The molecule has 0 saturated carbocycles. The minimum atomic E-state index is -3.56. The zero-order valence-corrected chi connectivity index (χ0v) is 18.0. The molecule has 1 heterocycles. The monoisotopic (exact) mass is 438 g/mol. The van der Waals surface area contributed by atoms with Crippen molar-refractivity contribution in [2.75, 3.05) is 30.3 Å². The van der Waals surface area contributed by atoms with Gasteiger partial charge in [0.05, 0.1) is 25.0 Å². The summed E-state index contributed by atoms with van der Waals surface area (Å²) in [5.41, 5.74) is 2.29. The van der Waals surface area contributed by atoms with Crippen molar-refractivity contribution in [2.24, 2.45) is 0 Å². The molecule has 1 atom stereocenters. The van der Waals surface area contributed by atoms with Crippen LogP contribution in [0.2, 0.25) is 5.02 Å². The molecule has 1 N–H and O–H groups in total. The Hall–Kier alpha value is -2.45. The predicted octanol–water partition coefficient (Wildman–Crippen LogP) is 2.68. The van der Waals surface area contributed by atoms with Crippen molar-refractivity contribution in [3.05, 3.63) is 52.5 Å². The third-order valence-corrected chi connectivity index (χ3v) is 6.04. The number of benzene rings is 2. The quantitative estimate of drug-likeness (QED) is 0.701. The summed E-state index contributed by atoms with van der Waals surface area (Å²) < 4.78 is 36.9. The van der Waals surface area contributed by atoms with Gasteiger partial charge in [-0.25, -0.2) is 8.42 Å². The molecule has 0 aromatic heterocycles. The second-order valence-electron chi connectivity index (χ2n) is 6.92. The van der Waals surface area contributed by atoms with Crippen LogP contribution in [-0.2, 0) is 14.8 Å². The molecule has 29 heavy (non-hydrogen) atoms. The molecule has 7 nitrogen and oxygen atoms in total. The minimum Gasteiger partial charge on any atom is -0.492 e. The maximum Gasteiger partial charge on any atom is 0.263 e. The van der Waals surface area contributed by atoms with Crippen LogP contribution in [0.1, 0.15) is 11.1 Å². The number of nitrogens with one attached hydrogen (secondary N) is 1. The SMILES string of the molecule is Cc1ccc2c(c1)N(S(C)(=O)=O)C[C@H](C(=O)NCCOc1ccc(C)c(Cl)c1)O2. The Morgan fingerprint density at radius 2 is 2.03 bits per heavy atom. The molecule has 0 saturated heterocycles. The van der Waals surface area contributed by atoms with E-state index in [1.807, 2.05) is 19.9 Å². The van der Waals surface area contributed by atoms with Gasteiger partial charge in [-0.1, -0.05) is 23.7 Å². The summed E-state index contributed by atoms with van der Waals surface area (Å²) in [5, 5.41) is 3.33. The van der Waals surface area contributed by atoms with E-state index >= 15 is 0 Å². The molecular weight excluding hydrogens is 416 g/mol. The van der Waals surface area contributed by atoms with E-state index in [0.29, 0.717) is 22.2 Å². The first-order valence-electron chi connectivity index (χ1n) is 9.07. The van der Waals surface area contributed by atoms with Crippen molar-refractivity contribution >= 4 is 33.2 Å². The van der Waals surface area contributed by atoms with Gasteiger partial charge < -0.3 is 14.8 Å². The van der Waals surface area contributed by atoms with Crippen LogP contribution in [0.25, 0.3) is 0 Å². The van der Waals surface area contributed by atoms with Crippen molar-refractivity contribution in [2.45, 2.75) is 20.0 Å². The molecule has 3 rings (SSSR count). The summed E-state index contributed by atoms with van der Waals surface area (Å²) in [7, 11) is -3.56. The van der Waals surface area contributed by atoms with Gasteiger partial charge in [0.25, 0.3) is 5.91 Å². The van der Waals surface area contributed by atoms with Crippen molar-refractivity contribution < 1.29 is 22.7 Å². The fourth-order valence-electron chi connectivity index (χ4n) is 2.93. The van der Waals surface area contributed by atoms with Crippen LogP contribution in [0, 0.1) is 13.8 Å². The standard InChI is InChI=1S/C20H23ClN2O5S/c1-13-4-7-18-17(10-13)23(29(3,25)26)12-19(28-18)20(24)22-8-9-27-15-6-5-14(2)16(21)11-15/h4-7,10-11,19H,8-9,12H2,1-3H3,(H,22,24)/t19-/m1/s1. The average Bonchev–Trinajstić information content (AvgIpc) is 2.66. The van der Waals surface area contributed by atoms with E-state index in [0.717, 1.165) is 17.4 Å². The molecule has 0 aliphatic carbocycles. The highest BCUT2D eigenvalue weighted by Gasteiger charge is 2.34. The number of carbonyl (C=O) groups is 1. The summed E-state index contributed by atoms with van der Waals surface area (Å²) in [6.07, 6.45) is 0.161. The fourth-order valence-corrected chi connectivity index (χ4v) is 4.01. The van der Waals surface area contributed by atoms with Crippen molar-refractivity contribution in [1.82, 2.24) is 5.32 Å². The maximum absolute atomic E-state index is 12.5. The first-order chi connectivity index (χ1) is 13.6. The molecule has 1 aliphatic heterocycles. The second-order valence-corrected chi connectivity index (χ2v) is 9.24. The Kier molecular flexibility index (Phi) is 6.24. The van der Waals surface area contributed by atoms with Gasteiger partial charge in [0.1, 0.15) is 18.1 Å². The van der Waals surface area contributed by atoms with Gasteiger partial charge in [0, 0.05) is 5.02 Å². The van der Waals surface area contributed by atoms with Crippen LogP contribution in [-0.4, -0.2) is 46.4 Å². The van der Waals surface area contributed by atoms with Crippen LogP contribution >= 0.6 is 11.6 Å². The van der Waals surface area contributed by atoms with Crippen LogP contribution in [0.4, 0.5) is 5.69 Å². The van der Waals surface area contributed by atoms with Gasteiger partial charge in [-0.15, -0.1) is 0 Å². The number of hydrogen-bond acceptors (Lipinski definition) is 5. The van der Waals surface area contributed by atoms with Crippen LogP contribution in [0.3, 0.4) is 0 Å². The number of aryl methyl sites for hydroxylation is 2. The van der Waals surface area contributed by atoms with E-state index in [9.17, 15) is 13.2 Å². The van der Waals surface area contributed by atoms with Gasteiger partial charge in [0.15, 0.2) is 6.10 Å². The third-order valence-electron chi connectivity index (χ3n) is 4.49. The van der Waals surface area contributed by atoms with Crippen molar-refractivity contribution in [1.29, 1.82) is 0 Å². The summed E-state index contributed by atoms with van der Waals surface area (Å²) in [4.78, 5) is 12.5. The lowest BCUT2D eigenvalue weighted by Crippen LogP contribution is -2.51. The smallest absolute Gasteiger partial charge is 0.263 e. The Bertz CT molecular complexity index is 1030. The number of ether oxygens (including phenoxy) is 2. The summed E-state index contributed by atoms with van der Waals surface area (Å²) in [6.45, 7) is 4.15. The lowest BCUT2D eigenvalue weighted by molar-refractivity contribution is -0.127. The number of rotatable bonds is 6. The zero-order chi connectivity index (χ0) is 21.2. The van der Waals surface area contributed by atoms with Gasteiger partial charge in [-0.2, -0.15) is 0 Å². The first-order valence-corrected chi connectivity index (χ1v) is 11.3. The highest BCUT2D eigenvalue weighted by molar-refractivity contribution is 7.92. The second kappa shape index (κ2) is 8.51. The maximum atomic E-state index is 12.5. The average molecular weight is 439 g/mol. The van der Waals surface area contributed by atoms with Gasteiger partial charge in [-0.3, -0.25) is 9.10 Å². The Balaban J connectivity index is 1.60. The Labute approximate surface area is 175 Å². The molecule has 156 valence electrons. The predicted molar refractivity (Wildman–Crippen MR) is 112 cm³/mol. The molecule has 0 fully saturated rings. The van der Waals surface area contributed by atoms with E-state index < -0.39 is 22.0 Å². The molecule has 0 bridgehead atoms.